The van der Waals surface area contributed by atoms with Gasteiger partial charge in [0.15, 0.2) is 5.96 Å². The second-order valence-electron chi connectivity index (χ2n) is 5.79. The number of nitrogens with two attached hydrogens (primary N) is 1. The summed E-state index contributed by atoms with van der Waals surface area (Å²) in [4.78, 5) is 46.9. The highest BCUT2D eigenvalue weighted by molar-refractivity contribution is 5.96. The fourth-order valence-electron chi connectivity index (χ4n) is 2.02. The van der Waals surface area contributed by atoms with Gasteiger partial charge in [-0.25, -0.2) is 4.79 Å². The summed E-state index contributed by atoms with van der Waals surface area (Å²) in [5.74, 6) is -2.40. The number of rotatable bonds is 16. The first kappa shape index (κ1) is 27.6. The second-order valence-corrected chi connectivity index (χ2v) is 5.79. The van der Waals surface area contributed by atoms with Crippen LogP contribution in [-0.4, -0.2) is 86.3 Å². The number of carboxylic acid groups (broad SMARTS) is 1. The topological polar surface area (TPSA) is 240 Å². The molecular weight excluding hydrogens is 412 g/mol. The van der Waals surface area contributed by atoms with Crippen LogP contribution in [0.5, 0.6) is 0 Å². The van der Waals surface area contributed by atoms with Crippen LogP contribution in [-0.2, 0) is 24.1 Å². The number of nitrogens with one attached hydrogen (secondary N) is 2. The lowest BCUT2D eigenvalue weighted by Crippen LogP contribution is -2.41. The van der Waals surface area contributed by atoms with E-state index in [0.717, 1.165) is 0 Å². The molecule has 0 aromatic carbocycles. The number of nitrogens with zero attached hydrogens (tertiary/aromatic N) is 3. The van der Waals surface area contributed by atoms with Crippen molar-refractivity contribution in [3.8, 4) is 0 Å². The van der Waals surface area contributed by atoms with Gasteiger partial charge in [0, 0.05) is 19.4 Å². The number of carboxylic acids is 1. The number of hydrogen-bond acceptors (Lipinski definition) is 12. The van der Waals surface area contributed by atoms with Gasteiger partial charge in [-0.15, -0.1) is 0 Å². The molecule has 9 N–H and O–H groups in total. The summed E-state index contributed by atoms with van der Waals surface area (Å²) in [5, 5.41) is 46.1. The molecule has 30 heavy (non-hydrogen) atoms. The van der Waals surface area contributed by atoms with Gasteiger partial charge in [0.1, 0.15) is 6.04 Å². The molecule has 0 spiro atoms. The smallest absolute Gasteiger partial charge is 0.326 e. The van der Waals surface area contributed by atoms with Crippen molar-refractivity contribution in [2.24, 2.45) is 10.7 Å². The normalized spacial score (nSPS) is 12.8. The van der Waals surface area contributed by atoms with Crippen LogP contribution in [0.1, 0.15) is 38.5 Å². The van der Waals surface area contributed by atoms with Crippen LogP contribution in [0.4, 0.5) is 0 Å². The summed E-state index contributed by atoms with van der Waals surface area (Å²) in [7, 11) is 0. The van der Waals surface area contributed by atoms with Crippen molar-refractivity contribution in [2.45, 2.75) is 44.6 Å². The van der Waals surface area contributed by atoms with Gasteiger partial charge in [0.05, 0.1) is 24.0 Å². The maximum Gasteiger partial charge on any atom is 0.326 e. The van der Waals surface area contributed by atoms with Gasteiger partial charge in [-0.2, -0.15) is 0 Å². The van der Waals surface area contributed by atoms with E-state index >= 15 is 0 Å². The van der Waals surface area contributed by atoms with E-state index in [9.17, 15) is 14.4 Å². The van der Waals surface area contributed by atoms with E-state index < -0.39 is 34.6 Å². The van der Waals surface area contributed by atoms with Crippen LogP contribution in [0, 0.1) is 0 Å². The predicted molar refractivity (Wildman–Crippen MR) is 94.6 cm³/mol. The van der Waals surface area contributed by atoms with Crippen molar-refractivity contribution in [3.05, 3.63) is 0 Å². The third-order valence-electron chi connectivity index (χ3n) is 3.34. The Morgan fingerprint density at radius 3 is 1.97 bits per heavy atom. The van der Waals surface area contributed by atoms with Crippen LogP contribution in [0.15, 0.2) is 4.99 Å². The standard InChI is InChI=1S/C14H28N6O10/c15-14(18-12(22)6-3-9-30-20(27)28)16-7-1-4-10(13(23)24)17-11(21)5-2-8-29-19(25)26/h10,25-28H,1-9H2,(H,17,21)(H,23,24)(H3,15,16,18,22). The van der Waals surface area contributed by atoms with Crippen molar-refractivity contribution in [1.82, 2.24) is 21.4 Å². The highest BCUT2D eigenvalue weighted by atomic mass is 17.1. The summed E-state index contributed by atoms with van der Waals surface area (Å²) in [6, 6.07) is -1.14. The lowest BCUT2D eigenvalue weighted by Gasteiger charge is -2.14. The highest BCUT2D eigenvalue weighted by Gasteiger charge is 2.19. The molecule has 0 radical (unpaired) electrons. The number of guanidine groups is 1. The average molecular weight is 440 g/mol. The van der Waals surface area contributed by atoms with Gasteiger partial charge < -0.3 is 16.2 Å². The van der Waals surface area contributed by atoms with E-state index in [2.05, 4.69) is 25.3 Å². The van der Waals surface area contributed by atoms with Gasteiger partial charge in [-0.05, 0) is 25.7 Å². The maximum absolute atomic E-state index is 11.7. The zero-order valence-corrected chi connectivity index (χ0v) is 16.1. The molecule has 0 aliphatic heterocycles. The summed E-state index contributed by atoms with van der Waals surface area (Å²) in [6.07, 6.45) is 0.587. The van der Waals surface area contributed by atoms with Gasteiger partial charge >= 0.3 is 5.97 Å². The third kappa shape index (κ3) is 16.5. The molecule has 0 saturated heterocycles. The molecule has 0 fully saturated rings. The Bertz CT molecular complexity index is 559. The molecule has 1 unspecified atom stereocenters. The van der Waals surface area contributed by atoms with Crippen molar-refractivity contribution < 1.29 is 50.0 Å². The molecule has 0 bridgehead atoms. The van der Waals surface area contributed by atoms with E-state index in [0.29, 0.717) is 0 Å². The van der Waals surface area contributed by atoms with Gasteiger partial charge in [0.2, 0.25) is 11.8 Å². The number of carbonyl (C=O) groups is 3. The highest BCUT2D eigenvalue weighted by Crippen LogP contribution is 2.01. The quantitative estimate of drug-likeness (QED) is 0.0581. The Balaban J connectivity index is 4.11. The number of hydrogen-bond donors (Lipinski definition) is 8. The van der Waals surface area contributed by atoms with E-state index in [4.69, 9.17) is 31.7 Å². The molecule has 0 aromatic rings. The van der Waals surface area contributed by atoms with Crippen LogP contribution >= 0.6 is 0 Å². The average Bonchev–Trinajstić information content (AvgIpc) is 2.64. The first-order valence-electron chi connectivity index (χ1n) is 8.85. The van der Waals surface area contributed by atoms with Crippen LogP contribution in [0.3, 0.4) is 0 Å². The molecular formula is C14H28N6O10. The van der Waals surface area contributed by atoms with Gasteiger partial charge in [0.25, 0.3) is 0 Å². The van der Waals surface area contributed by atoms with Crippen molar-refractivity contribution >= 4 is 23.7 Å². The summed E-state index contributed by atoms with van der Waals surface area (Å²) < 4.78 is 0. The number of carbonyl (C=O) groups excluding carboxylic acids is 2. The summed E-state index contributed by atoms with van der Waals surface area (Å²) >= 11 is 0. The molecule has 0 heterocycles. The van der Waals surface area contributed by atoms with Crippen LogP contribution in [0.2, 0.25) is 0 Å². The number of aliphatic imine (C=N–C) groups is 1. The molecule has 0 saturated carbocycles. The molecule has 0 aliphatic rings. The van der Waals surface area contributed by atoms with E-state index in [1.54, 1.807) is 0 Å². The van der Waals surface area contributed by atoms with Crippen LogP contribution in [0.25, 0.3) is 0 Å². The first-order valence-corrected chi connectivity index (χ1v) is 8.85. The molecule has 16 nitrogen and oxygen atoms in total. The summed E-state index contributed by atoms with van der Waals surface area (Å²) in [6.45, 7) is -0.143. The largest absolute Gasteiger partial charge is 0.480 e. The first-order chi connectivity index (χ1) is 14.1. The minimum Gasteiger partial charge on any atom is -0.480 e. The van der Waals surface area contributed by atoms with Crippen molar-refractivity contribution in [2.75, 3.05) is 19.8 Å². The third-order valence-corrected chi connectivity index (χ3v) is 3.34. The molecule has 0 aliphatic carbocycles. The monoisotopic (exact) mass is 440 g/mol. The summed E-state index contributed by atoms with van der Waals surface area (Å²) in [5.41, 5.74) is 5.54. The maximum atomic E-state index is 11.7. The lowest BCUT2D eigenvalue weighted by molar-refractivity contribution is -0.492. The van der Waals surface area contributed by atoms with E-state index in [1.807, 2.05) is 0 Å². The minimum absolute atomic E-state index is 0.00311. The van der Waals surface area contributed by atoms with E-state index in [-0.39, 0.29) is 64.2 Å². The fraction of sp³-hybridized carbons (Fsp3) is 0.714. The molecule has 1 atom stereocenters. The molecule has 174 valence electrons. The fourth-order valence-corrected chi connectivity index (χ4v) is 2.02. The van der Waals surface area contributed by atoms with E-state index in [1.165, 1.54) is 0 Å². The Morgan fingerprint density at radius 1 is 0.933 bits per heavy atom. The molecule has 16 heteroatoms. The molecule has 0 rings (SSSR count). The second kappa shape index (κ2) is 16.4. The zero-order chi connectivity index (χ0) is 22.9. The Kier molecular flexibility index (Phi) is 15.0. The van der Waals surface area contributed by atoms with Crippen LogP contribution < -0.4 is 16.4 Å². The minimum atomic E-state index is -1.23. The van der Waals surface area contributed by atoms with Crippen molar-refractivity contribution in [1.29, 1.82) is 0 Å². The zero-order valence-electron chi connectivity index (χ0n) is 16.1. The number of amides is 2. The number of aliphatic carboxylic acids is 1. The van der Waals surface area contributed by atoms with Gasteiger partial charge in [-0.1, -0.05) is 0 Å². The van der Waals surface area contributed by atoms with Crippen molar-refractivity contribution in [3.63, 3.8) is 0 Å². The lowest BCUT2D eigenvalue weighted by atomic mass is 10.1. The van der Waals surface area contributed by atoms with Gasteiger partial charge in [-0.3, -0.25) is 50.4 Å². The Labute approximate surface area is 171 Å². The molecule has 0 aromatic heterocycles. The predicted octanol–water partition coefficient (Wildman–Crippen LogP) is -1.65. The Hall–Kier alpha value is -2.44. The molecule has 2 amide bonds. The SMILES string of the molecule is NC(=NCCCC(NC(=O)CCCON(O)O)C(=O)O)NC(=O)CCCON(O)O. The Morgan fingerprint density at radius 2 is 1.47 bits per heavy atom.